The molecule has 1 heterocycles. The van der Waals surface area contributed by atoms with Gasteiger partial charge in [0.2, 0.25) is 0 Å². The van der Waals surface area contributed by atoms with Crippen LogP contribution in [0.15, 0.2) is 102 Å². The zero-order chi connectivity index (χ0) is 24.4. The summed E-state index contributed by atoms with van der Waals surface area (Å²) in [6.45, 7) is 2.44. The number of aromatic nitrogens is 2. The smallest absolute Gasteiger partial charge is 0.261 e. The fourth-order valence-corrected chi connectivity index (χ4v) is 4.67. The number of carbonyl (C=O) groups excluding carboxylic acids is 1. The molecule has 5 heteroatoms. The Kier molecular flexibility index (Phi) is 6.15. The minimum Gasteiger partial charge on any atom is -0.324 e. The van der Waals surface area contributed by atoms with Crippen molar-refractivity contribution in [3.63, 3.8) is 0 Å². The van der Waals surface area contributed by atoms with Crippen molar-refractivity contribution in [2.24, 2.45) is 7.05 Å². The van der Waals surface area contributed by atoms with Crippen LogP contribution in [-0.2, 0) is 13.6 Å². The second-order valence-corrected chi connectivity index (χ2v) is 8.76. The fraction of sp³-hybridized carbons (Fsp3) is 0.167. The number of para-hydroxylation sites is 1. The van der Waals surface area contributed by atoms with Gasteiger partial charge in [0.05, 0.1) is 16.9 Å². The number of rotatable bonds is 6. The Hall–Kier alpha value is -4.25. The highest BCUT2D eigenvalue weighted by molar-refractivity contribution is 5.98. The van der Waals surface area contributed by atoms with Crippen molar-refractivity contribution < 1.29 is 4.79 Å². The number of hydrogen-bond donors (Lipinski definition) is 0. The van der Waals surface area contributed by atoms with E-state index in [1.807, 2.05) is 103 Å². The zero-order valence-electron chi connectivity index (χ0n) is 19.9. The first-order chi connectivity index (χ1) is 17.1. The van der Waals surface area contributed by atoms with Crippen LogP contribution in [0.1, 0.15) is 41.1 Å². The van der Waals surface area contributed by atoms with E-state index in [-0.39, 0.29) is 17.5 Å². The van der Waals surface area contributed by atoms with Crippen LogP contribution in [-0.4, -0.2) is 20.4 Å². The number of hydrogen-bond acceptors (Lipinski definition) is 3. The Labute approximate surface area is 204 Å². The van der Waals surface area contributed by atoms with Crippen LogP contribution in [0, 0.1) is 0 Å². The van der Waals surface area contributed by atoms with Gasteiger partial charge in [-0.25, -0.2) is 4.98 Å². The molecule has 1 aromatic heterocycles. The van der Waals surface area contributed by atoms with Crippen LogP contribution in [0.3, 0.4) is 0 Å². The summed E-state index contributed by atoms with van der Waals surface area (Å²) in [5.74, 6) is 0.495. The highest BCUT2D eigenvalue weighted by atomic mass is 16.2. The van der Waals surface area contributed by atoms with Crippen molar-refractivity contribution in [2.75, 3.05) is 0 Å². The van der Waals surface area contributed by atoms with Gasteiger partial charge in [-0.3, -0.25) is 14.2 Å². The van der Waals surface area contributed by atoms with E-state index in [4.69, 9.17) is 4.98 Å². The van der Waals surface area contributed by atoms with Crippen LogP contribution < -0.4 is 5.56 Å². The van der Waals surface area contributed by atoms with E-state index < -0.39 is 0 Å². The van der Waals surface area contributed by atoms with Crippen molar-refractivity contribution in [3.8, 4) is 0 Å². The van der Waals surface area contributed by atoms with Gasteiger partial charge in [0.15, 0.2) is 0 Å². The van der Waals surface area contributed by atoms with E-state index in [9.17, 15) is 9.59 Å². The first-order valence-corrected chi connectivity index (χ1v) is 11.9. The predicted octanol–water partition coefficient (Wildman–Crippen LogP) is 5.88. The lowest BCUT2D eigenvalue weighted by molar-refractivity contribution is 0.0639. The molecule has 0 saturated heterocycles. The minimum absolute atomic E-state index is 0.0890. The molecule has 5 aromatic rings. The van der Waals surface area contributed by atoms with E-state index in [0.717, 1.165) is 16.3 Å². The second kappa shape index (κ2) is 9.55. The number of nitrogens with zero attached hydrogens (tertiary/aromatic N) is 3. The average Bonchev–Trinajstić information content (AvgIpc) is 2.91. The highest BCUT2D eigenvalue weighted by Gasteiger charge is 2.29. The molecule has 1 atom stereocenters. The molecule has 1 amide bonds. The van der Waals surface area contributed by atoms with Crippen molar-refractivity contribution in [2.45, 2.75) is 25.9 Å². The quantitative estimate of drug-likeness (QED) is 0.317. The van der Waals surface area contributed by atoms with Crippen LogP contribution >= 0.6 is 0 Å². The summed E-state index contributed by atoms with van der Waals surface area (Å²) in [4.78, 5) is 33.9. The van der Waals surface area contributed by atoms with E-state index in [1.54, 1.807) is 17.7 Å². The predicted molar refractivity (Wildman–Crippen MR) is 140 cm³/mol. The molecule has 5 rings (SSSR count). The van der Waals surface area contributed by atoms with E-state index >= 15 is 0 Å². The van der Waals surface area contributed by atoms with Crippen molar-refractivity contribution in [3.05, 3.63) is 124 Å². The summed E-state index contributed by atoms with van der Waals surface area (Å²) in [7, 11) is 1.74. The molecule has 0 aliphatic rings. The molecule has 0 radical (unpaired) electrons. The monoisotopic (exact) mass is 461 g/mol. The van der Waals surface area contributed by atoms with Gasteiger partial charge in [-0.15, -0.1) is 0 Å². The molecule has 0 aliphatic heterocycles. The molecular weight excluding hydrogens is 434 g/mol. The first-order valence-electron chi connectivity index (χ1n) is 11.9. The van der Waals surface area contributed by atoms with E-state index in [2.05, 4.69) is 0 Å². The molecule has 35 heavy (non-hydrogen) atoms. The average molecular weight is 462 g/mol. The molecule has 5 nitrogen and oxygen atoms in total. The number of carbonyl (C=O) groups is 1. The van der Waals surface area contributed by atoms with Gasteiger partial charge in [-0.2, -0.15) is 0 Å². The van der Waals surface area contributed by atoms with Gasteiger partial charge in [0, 0.05) is 19.2 Å². The van der Waals surface area contributed by atoms with Crippen molar-refractivity contribution in [1.29, 1.82) is 0 Å². The maximum absolute atomic E-state index is 14.0. The summed E-state index contributed by atoms with van der Waals surface area (Å²) in [6.07, 6.45) is 0.616. The summed E-state index contributed by atoms with van der Waals surface area (Å²) < 4.78 is 1.59. The lowest BCUT2D eigenvalue weighted by atomic mass is 10.0. The number of fused-ring (bicyclic) bond motifs is 2. The molecule has 174 valence electrons. The minimum atomic E-state index is -0.378. The fourth-order valence-electron chi connectivity index (χ4n) is 4.67. The third kappa shape index (κ3) is 4.33. The second-order valence-electron chi connectivity index (χ2n) is 8.76. The Morgan fingerprint density at radius 1 is 0.886 bits per heavy atom. The summed E-state index contributed by atoms with van der Waals surface area (Å²) >= 11 is 0. The summed E-state index contributed by atoms with van der Waals surface area (Å²) in [5.41, 5.74) is 2.17. The molecule has 0 N–H and O–H groups in total. The third-order valence-corrected chi connectivity index (χ3v) is 6.53. The van der Waals surface area contributed by atoms with Crippen LogP contribution in [0.4, 0.5) is 0 Å². The molecule has 4 aromatic carbocycles. The van der Waals surface area contributed by atoms with Gasteiger partial charge >= 0.3 is 0 Å². The Balaban J connectivity index is 1.64. The molecule has 0 spiro atoms. The van der Waals surface area contributed by atoms with E-state index in [0.29, 0.717) is 35.3 Å². The van der Waals surface area contributed by atoms with Crippen molar-refractivity contribution >= 4 is 27.6 Å². The lowest BCUT2D eigenvalue weighted by Gasteiger charge is -2.32. The normalized spacial score (nSPS) is 12.1. The van der Waals surface area contributed by atoms with Gasteiger partial charge < -0.3 is 4.90 Å². The molecule has 0 aliphatic carbocycles. The molecule has 1 unspecified atom stereocenters. The largest absolute Gasteiger partial charge is 0.324 e. The standard InChI is InChI=1S/C30H27N3O2/c1-3-27(28-31-26-16-10-9-15-25(26)30(35)32(28)2)33(20-21-11-5-4-6-12-21)29(34)24-18-17-22-13-7-8-14-23(22)19-24/h4-19,27H,3,20H2,1-2H3. The van der Waals surface area contributed by atoms with Gasteiger partial charge in [0.25, 0.3) is 11.5 Å². The molecule has 0 bridgehead atoms. The van der Waals surface area contributed by atoms with Gasteiger partial charge in [-0.05, 0) is 47.0 Å². The molecular formula is C30H27N3O2. The summed E-state index contributed by atoms with van der Waals surface area (Å²) in [6, 6.07) is 30.7. The summed E-state index contributed by atoms with van der Waals surface area (Å²) in [5, 5.41) is 2.68. The SMILES string of the molecule is CCC(c1nc2ccccc2c(=O)n1C)N(Cc1ccccc1)C(=O)c1ccc2ccccc2c1. The van der Waals surface area contributed by atoms with E-state index in [1.165, 1.54) is 0 Å². The molecule has 0 fully saturated rings. The number of benzene rings is 4. The van der Waals surface area contributed by atoms with Crippen LogP contribution in [0.2, 0.25) is 0 Å². The highest BCUT2D eigenvalue weighted by Crippen LogP contribution is 2.28. The van der Waals surface area contributed by atoms with Crippen LogP contribution in [0.5, 0.6) is 0 Å². The topological polar surface area (TPSA) is 55.2 Å². The van der Waals surface area contributed by atoms with Crippen molar-refractivity contribution in [1.82, 2.24) is 14.5 Å². The van der Waals surface area contributed by atoms with Gasteiger partial charge in [-0.1, -0.05) is 79.7 Å². The molecule has 0 saturated carbocycles. The van der Waals surface area contributed by atoms with Gasteiger partial charge in [0.1, 0.15) is 5.82 Å². The van der Waals surface area contributed by atoms with Crippen LogP contribution in [0.25, 0.3) is 21.7 Å². The Morgan fingerprint density at radius 3 is 2.34 bits per heavy atom. The maximum atomic E-state index is 14.0. The maximum Gasteiger partial charge on any atom is 0.261 e. The Morgan fingerprint density at radius 2 is 1.57 bits per heavy atom. The zero-order valence-corrected chi connectivity index (χ0v) is 19.9. The first kappa shape index (κ1) is 22.5. The number of amides is 1. The lowest BCUT2D eigenvalue weighted by Crippen LogP contribution is -2.38. The Bertz CT molecular complexity index is 1570. The third-order valence-electron chi connectivity index (χ3n) is 6.53.